The molecule has 6 fully saturated rings. The number of cyclic esters (lactones) is 1. The number of ether oxygens (including phenoxy) is 6. The number of nitrogens with zero attached hydrogens (tertiary/aromatic N) is 2. The largest absolute Gasteiger partial charge is 1.00 e. The molecule has 0 aromatic rings. The van der Waals surface area contributed by atoms with E-state index in [0.717, 1.165) is 36.4 Å². The Hall–Kier alpha value is 0.150. The van der Waals surface area contributed by atoms with Gasteiger partial charge in [-0.05, 0) is 184 Å². The third-order valence-electron chi connectivity index (χ3n) is 21.0. The van der Waals surface area contributed by atoms with Gasteiger partial charge in [-0.3, -0.25) is 9.69 Å². The normalized spacial score (nSPS) is 41.4. The van der Waals surface area contributed by atoms with E-state index >= 15 is 0 Å². The molecule has 3 saturated heterocycles. The van der Waals surface area contributed by atoms with E-state index in [-0.39, 0.29) is 54.9 Å². The molecule has 3 saturated carbocycles. The number of likely N-dealkylation sites (N-methyl/N-ethyl adjacent to an activating group) is 1. The molecule has 18 atom stereocenters. The zero-order valence-electron chi connectivity index (χ0n) is 51.3. The smallest absolute Gasteiger partial charge is 0.311 e. The van der Waals surface area contributed by atoms with Gasteiger partial charge in [0.2, 0.25) is 0 Å². The Morgan fingerprint density at radius 2 is 1.31 bits per heavy atom. The van der Waals surface area contributed by atoms with E-state index in [1.807, 2.05) is 60.5 Å². The number of methoxy groups -OCH3 is 1. The molecule has 3 heterocycles. The number of esters is 1. The van der Waals surface area contributed by atoms with Crippen LogP contribution in [0.25, 0.3) is 0 Å². The van der Waals surface area contributed by atoms with Crippen LogP contribution in [0.2, 0.25) is 0 Å². The summed E-state index contributed by atoms with van der Waals surface area (Å²) in [5.41, 5.74) is -0.851. The maximum Gasteiger partial charge on any atom is 0.311 e. The molecule has 6 rings (SSSR count). The molecule has 0 bridgehead atoms. The highest BCUT2D eigenvalue weighted by molar-refractivity contribution is 7.77. The van der Waals surface area contributed by atoms with E-state index in [4.69, 9.17) is 28.4 Å². The van der Waals surface area contributed by atoms with Crippen molar-refractivity contribution < 1.29 is 82.7 Å². The predicted molar refractivity (Wildman–Crippen MR) is 309 cm³/mol. The molecule has 0 aromatic heterocycles. The first-order chi connectivity index (χ1) is 36.5. The number of hydrogen-bond acceptors (Lipinski definition) is 14. The molecule has 16 heteroatoms. The highest BCUT2D eigenvalue weighted by atomic mass is 127. The van der Waals surface area contributed by atoms with Gasteiger partial charge in [0.25, 0.3) is 0 Å². The van der Waals surface area contributed by atoms with Crippen LogP contribution in [0.5, 0.6) is 0 Å². The molecule has 78 heavy (non-hydrogen) atoms. The van der Waals surface area contributed by atoms with E-state index in [1.165, 1.54) is 115 Å². The van der Waals surface area contributed by atoms with Crippen molar-refractivity contribution in [1.29, 1.82) is 0 Å². The number of aliphatic hydroxyl groups is 5. The fraction of sp³-hybridized carbons (Fsp3) is 0.984. The first-order valence-electron chi connectivity index (χ1n) is 31.5. The van der Waals surface area contributed by atoms with Crippen molar-refractivity contribution in [3.8, 4) is 0 Å². The molecule has 0 unspecified atom stereocenters. The lowest BCUT2D eigenvalue weighted by Gasteiger charge is -2.49. The second-order valence-electron chi connectivity index (χ2n) is 27.2. The van der Waals surface area contributed by atoms with E-state index in [2.05, 4.69) is 11.8 Å². The van der Waals surface area contributed by atoms with Gasteiger partial charge in [-0.25, -0.2) is 0 Å². The van der Waals surface area contributed by atoms with Crippen molar-refractivity contribution in [1.82, 2.24) is 9.80 Å². The molecule has 5 N–H and O–H groups in total. The molecule has 3 aliphatic heterocycles. The van der Waals surface area contributed by atoms with E-state index in [1.54, 1.807) is 27.9 Å². The van der Waals surface area contributed by atoms with Crippen LogP contribution in [-0.4, -0.2) is 190 Å². The molecule has 14 nitrogen and oxygen atoms in total. The van der Waals surface area contributed by atoms with Gasteiger partial charge in [0.05, 0.1) is 82.8 Å². The van der Waals surface area contributed by atoms with Crippen molar-refractivity contribution in [2.24, 2.45) is 23.2 Å². The fourth-order valence-corrected chi connectivity index (χ4v) is 24.0. The monoisotopic (exact) mass is 1240 g/mol. The van der Waals surface area contributed by atoms with Crippen LogP contribution in [0.15, 0.2) is 0 Å². The van der Waals surface area contributed by atoms with Gasteiger partial charge in [0.15, 0.2) is 12.6 Å². The van der Waals surface area contributed by atoms with Crippen molar-refractivity contribution in [3.05, 3.63) is 0 Å². The van der Waals surface area contributed by atoms with Crippen LogP contribution in [0.3, 0.4) is 0 Å². The van der Waals surface area contributed by atoms with E-state index in [9.17, 15) is 30.3 Å². The average Bonchev–Trinajstić information content (AvgIpc) is 3.44. The Kier molecular flexibility index (Phi) is 27.4. The van der Waals surface area contributed by atoms with Crippen LogP contribution in [0.1, 0.15) is 217 Å². The molecule has 0 radical (unpaired) electrons. The molecule has 6 aliphatic rings. The number of hydrogen-bond donors (Lipinski definition) is 5. The maximum atomic E-state index is 14.9. The second-order valence-corrected chi connectivity index (χ2v) is 31.8. The predicted octanol–water partition coefficient (Wildman–Crippen LogP) is 7.10. The minimum absolute atomic E-state index is 0. The van der Waals surface area contributed by atoms with Crippen LogP contribution < -0.4 is 24.0 Å². The fourth-order valence-electron chi connectivity index (χ4n) is 16.4. The van der Waals surface area contributed by atoms with Gasteiger partial charge >= 0.3 is 5.97 Å². The Bertz CT molecular complexity index is 1710. The summed E-state index contributed by atoms with van der Waals surface area (Å²) in [5.74, 6) is -2.44. The first kappa shape index (κ1) is 68.9. The van der Waals surface area contributed by atoms with Crippen LogP contribution >= 0.6 is 7.26 Å². The summed E-state index contributed by atoms with van der Waals surface area (Å²) in [5, 5.41) is 60.3. The minimum Gasteiger partial charge on any atom is -1.00 e. The Morgan fingerprint density at radius 1 is 0.756 bits per heavy atom. The Balaban J connectivity index is 0.0000112. The average molecular weight is 1240 g/mol. The molecular weight excluding hydrogens is 1120 g/mol. The molecule has 458 valence electrons. The van der Waals surface area contributed by atoms with Crippen LogP contribution in [-0.2, 0) is 33.2 Å². The summed E-state index contributed by atoms with van der Waals surface area (Å²) in [4.78, 5) is 19.2. The van der Waals surface area contributed by atoms with Crippen molar-refractivity contribution >= 4 is 13.2 Å². The number of carbonyl (C=O) groups is 1. The summed E-state index contributed by atoms with van der Waals surface area (Å²) in [6.45, 7) is 19.7. The highest BCUT2D eigenvalue weighted by Gasteiger charge is 2.57. The van der Waals surface area contributed by atoms with E-state index in [0.29, 0.717) is 19.4 Å². The molecule has 3 aliphatic carbocycles. The van der Waals surface area contributed by atoms with Crippen molar-refractivity contribution in [3.63, 3.8) is 0 Å². The number of aliphatic hydroxyl groups excluding tert-OH is 4. The lowest BCUT2D eigenvalue weighted by molar-refractivity contribution is -0.318. The second kappa shape index (κ2) is 31.0. The van der Waals surface area contributed by atoms with Gasteiger partial charge in [-0.15, -0.1) is 0 Å². The summed E-state index contributed by atoms with van der Waals surface area (Å²) < 4.78 is 39.0. The molecule has 0 aromatic carbocycles. The van der Waals surface area contributed by atoms with Crippen LogP contribution in [0, 0.1) is 23.2 Å². The number of halogens is 1. The quantitative estimate of drug-likeness (QED) is 0.0406. The highest BCUT2D eigenvalue weighted by Crippen LogP contribution is 2.77. The Morgan fingerprint density at radius 3 is 1.82 bits per heavy atom. The number of rotatable bonds is 18. The van der Waals surface area contributed by atoms with Crippen molar-refractivity contribution in [2.45, 2.75) is 319 Å². The zero-order chi connectivity index (χ0) is 56.5. The maximum absolute atomic E-state index is 14.9. The van der Waals surface area contributed by atoms with Gasteiger partial charge in [0.1, 0.15) is 18.3 Å². The van der Waals surface area contributed by atoms with E-state index < -0.39 is 110 Å². The molecule has 0 amide bonds. The lowest BCUT2D eigenvalue weighted by Crippen LogP contribution is -3.00. The zero-order valence-corrected chi connectivity index (χ0v) is 54.3. The van der Waals surface area contributed by atoms with Gasteiger partial charge in [-0.1, -0.05) is 53.4 Å². The first-order valence-corrected chi connectivity index (χ1v) is 33.7. The third kappa shape index (κ3) is 16.4. The molecule has 0 spiro atoms. The third-order valence-corrected chi connectivity index (χ3v) is 27.8. The lowest BCUT2D eigenvalue weighted by atomic mass is 9.75. The van der Waals surface area contributed by atoms with Gasteiger partial charge < -0.3 is 82.8 Å². The topological polar surface area (TPSA) is 180 Å². The Labute approximate surface area is 492 Å². The van der Waals surface area contributed by atoms with Gasteiger partial charge in [-0.2, -0.15) is 0 Å². The SMILES string of the molecule is CC[C@H]1OC(=O)[C@H](C)[C@@H](O[C@H]2C[C@@](C)(OC)[C@@H](O)[C@H](C)O2)[C@H](C)[C@@H](O[C@@H]2O[C@H](C)C[C@H](N(C)C)[C@H]2O)[C@](C)(O)C[C@@H](C)CN(CCCCCC[P+](C2CCCCC2)(C2CCCCC2)C2CCCCC2)[C@H](C)[C@@H](O)[C@]1(C)CO.[I-]. The standard InChI is InChI=1S/C62H116N2O12P.HI/c1-14-51-60(8,40-65)55(67)45(6)64(34-26-15-16-27-35-77(47-28-20-17-21-29-47,48-30-22-18-23-31-48)49-32-24-19-25-33-49)39-41(2)37-61(9,70)57(76-59-53(66)50(63(11)12)36-42(3)72-59)43(4)54(44(5)58(69)74-51)75-52-38-62(10,71-13)56(68)46(7)73-52;/h41-57,59,65-68,70H,14-40H2,1-13H3;1H/q+1;/p-1/t41-,42-,43+,44-,45-,46+,50+,51-,52+,53-,54+,55-,56+,57-,59+,60-,61-,62-;/m1./s1. The van der Waals surface area contributed by atoms with Crippen LogP contribution in [0.4, 0.5) is 0 Å². The summed E-state index contributed by atoms with van der Waals surface area (Å²) in [6.07, 6.45) is 20.2. The number of unbranched alkanes of at least 4 members (excludes halogenated alkanes) is 3. The minimum atomic E-state index is -1.57. The number of carbonyl (C=O) groups excluding carboxylic acids is 1. The molecular formula is C62H116IN2O12P. The van der Waals surface area contributed by atoms with Crippen molar-refractivity contribution in [2.75, 3.05) is 47.1 Å². The summed E-state index contributed by atoms with van der Waals surface area (Å²) in [6, 6.07) is -0.699. The summed E-state index contributed by atoms with van der Waals surface area (Å²) in [7, 11) is 4.24. The van der Waals surface area contributed by atoms with Gasteiger partial charge in [0, 0.05) is 45.3 Å². The summed E-state index contributed by atoms with van der Waals surface area (Å²) >= 11 is 0.